The first-order valence-corrected chi connectivity index (χ1v) is 16.4. The molecule has 0 unspecified atom stereocenters. The van der Waals surface area contributed by atoms with Crippen LogP contribution in [0.5, 0.6) is 0 Å². The van der Waals surface area contributed by atoms with Crippen LogP contribution in [-0.2, 0) is 35.0 Å². The summed E-state index contributed by atoms with van der Waals surface area (Å²) in [5.41, 5.74) is 10.5. The Morgan fingerprint density at radius 1 is 0.771 bits per heavy atom. The number of aliphatic hydroxyl groups is 1. The minimum atomic E-state index is -1.69. The highest BCUT2D eigenvalue weighted by atomic mass is 16.6. The number of carbonyl (C=O) groups excluding carboxylic acids is 3. The quantitative estimate of drug-likeness (QED) is 0.111. The number of aliphatic hydroxyl groups excluding tert-OH is 1. The maximum atomic E-state index is 13.4. The number of nitrogens with two attached hydrogens (primary N) is 1. The topological polar surface area (TPSA) is 158 Å². The molecule has 48 heavy (non-hydrogen) atoms. The lowest BCUT2D eigenvalue weighted by atomic mass is 9.98. The highest BCUT2D eigenvalue weighted by Crippen LogP contribution is 2.44. The summed E-state index contributed by atoms with van der Waals surface area (Å²) in [6.45, 7) is 5.61. The van der Waals surface area contributed by atoms with Crippen LogP contribution < -0.4 is 16.4 Å². The number of fused-ring (bicyclic) bond motifs is 3. The fourth-order valence-corrected chi connectivity index (χ4v) is 5.73. The second kappa shape index (κ2) is 18.9. The number of esters is 1. The lowest BCUT2D eigenvalue weighted by molar-refractivity contribution is -0.151. The minimum absolute atomic E-state index is 0.0112. The fourth-order valence-electron chi connectivity index (χ4n) is 5.73. The van der Waals surface area contributed by atoms with E-state index in [1.165, 1.54) is 0 Å². The zero-order valence-corrected chi connectivity index (χ0v) is 27.6. The Bertz CT molecular complexity index is 1420. The molecule has 11 nitrogen and oxygen atoms in total. The van der Waals surface area contributed by atoms with E-state index in [1.54, 1.807) is 0 Å². The molecule has 2 amide bonds. The molecule has 258 valence electrons. The lowest BCUT2D eigenvalue weighted by Crippen LogP contribution is -2.55. The van der Waals surface area contributed by atoms with E-state index in [0.29, 0.717) is 26.4 Å². The van der Waals surface area contributed by atoms with Gasteiger partial charge in [0.2, 0.25) is 0 Å². The van der Waals surface area contributed by atoms with Crippen LogP contribution in [0.3, 0.4) is 0 Å². The number of amides is 2. The van der Waals surface area contributed by atoms with Crippen LogP contribution in [0.4, 0.5) is 4.79 Å². The van der Waals surface area contributed by atoms with Gasteiger partial charge in [0.15, 0.2) is 6.10 Å². The van der Waals surface area contributed by atoms with Crippen molar-refractivity contribution in [2.45, 2.75) is 50.8 Å². The molecule has 0 aliphatic heterocycles. The highest BCUT2D eigenvalue weighted by Gasteiger charge is 2.33. The van der Waals surface area contributed by atoms with Crippen LogP contribution in [0.2, 0.25) is 0 Å². The molecular formula is C37H47N3O8. The molecule has 0 spiro atoms. The number of ether oxygens (including phenoxy) is 4. The van der Waals surface area contributed by atoms with Crippen molar-refractivity contribution in [3.05, 3.63) is 95.6 Å². The Morgan fingerprint density at radius 2 is 1.35 bits per heavy atom. The predicted octanol–water partition coefficient (Wildman–Crippen LogP) is 3.56. The molecule has 3 atom stereocenters. The van der Waals surface area contributed by atoms with Crippen molar-refractivity contribution in [1.82, 2.24) is 10.6 Å². The Hall–Kier alpha value is -4.29. The van der Waals surface area contributed by atoms with Crippen LogP contribution in [0, 0.1) is 5.92 Å². The van der Waals surface area contributed by atoms with Crippen molar-refractivity contribution in [1.29, 1.82) is 0 Å². The van der Waals surface area contributed by atoms with E-state index in [2.05, 4.69) is 22.8 Å². The molecule has 11 heteroatoms. The monoisotopic (exact) mass is 661 g/mol. The van der Waals surface area contributed by atoms with E-state index < -0.39 is 36.2 Å². The molecule has 0 heterocycles. The van der Waals surface area contributed by atoms with Crippen molar-refractivity contribution < 1.29 is 38.4 Å². The number of carbonyl (C=O) groups is 3. The van der Waals surface area contributed by atoms with Crippen molar-refractivity contribution in [3.8, 4) is 11.1 Å². The molecule has 1 aliphatic carbocycles. The third-order valence-electron chi connectivity index (χ3n) is 8.01. The Kier molecular flexibility index (Phi) is 14.4. The summed E-state index contributed by atoms with van der Waals surface area (Å²) in [6, 6.07) is 23.2. The van der Waals surface area contributed by atoms with Crippen molar-refractivity contribution in [2.24, 2.45) is 11.7 Å². The first-order valence-electron chi connectivity index (χ1n) is 16.4. The van der Waals surface area contributed by atoms with Crippen LogP contribution in [0.1, 0.15) is 42.9 Å². The average molecular weight is 662 g/mol. The van der Waals surface area contributed by atoms with Gasteiger partial charge in [-0.05, 0) is 46.6 Å². The minimum Gasteiger partial charge on any atom is -0.462 e. The summed E-state index contributed by atoms with van der Waals surface area (Å²) in [4.78, 5) is 39.5. The largest absolute Gasteiger partial charge is 0.462 e. The summed E-state index contributed by atoms with van der Waals surface area (Å²) in [7, 11) is 0. The van der Waals surface area contributed by atoms with E-state index in [1.807, 2.05) is 80.6 Å². The predicted molar refractivity (Wildman–Crippen MR) is 181 cm³/mol. The third kappa shape index (κ3) is 10.6. The molecule has 0 fully saturated rings. The van der Waals surface area contributed by atoms with E-state index in [4.69, 9.17) is 24.7 Å². The number of nitrogens with one attached hydrogen (secondary N) is 2. The number of hydrogen-bond acceptors (Lipinski definition) is 9. The molecule has 0 aromatic heterocycles. The van der Waals surface area contributed by atoms with Gasteiger partial charge in [-0.3, -0.25) is 4.79 Å². The molecule has 3 aromatic rings. The van der Waals surface area contributed by atoms with Gasteiger partial charge in [0.1, 0.15) is 19.3 Å². The van der Waals surface area contributed by atoms with Gasteiger partial charge in [-0.1, -0.05) is 92.7 Å². The van der Waals surface area contributed by atoms with Crippen molar-refractivity contribution in [2.75, 3.05) is 46.2 Å². The van der Waals surface area contributed by atoms with Gasteiger partial charge in [0.25, 0.3) is 5.91 Å². The lowest BCUT2D eigenvalue weighted by Gasteiger charge is -2.26. The molecule has 0 saturated carbocycles. The van der Waals surface area contributed by atoms with E-state index in [-0.39, 0.29) is 44.5 Å². The molecule has 0 radical (unpaired) electrons. The normalized spacial score (nSPS) is 14.0. The zero-order valence-electron chi connectivity index (χ0n) is 27.6. The van der Waals surface area contributed by atoms with E-state index in [0.717, 1.165) is 27.8 Å². The van der Waals surface area contributed by atoms with Crippen molar-refractivity contribution in [3.63, 3.8) is 0 Å². The summed E-state index contributed by atoms with van der Waals surface area (Å²) in [5, 5.41) is 16.6. The molecular weight excluding hydrogens is 614 g/mol. The zero-order chi connectivity index (χ0) is 34.3. The average Bonchev–Trinajstić information content (AvgIpc) is 3.41. The van der Waals surface area contributed by atoms with Crippen LogP contribution in [0.25, 0.3) is 11.1 Å². The molecule has 0 saturated heterocycles. The number of benzene rings is 3. The molecule has 4 rings (SSSR count). The van der Waals surface area contributed by atoms with E-state index >= 15 is 0 Å². The van der Waals surface area contributed by atoms with Crippen LogP contribution in [0.15, 0.2) is 78.9 Å². The van der Waals surface area contributed by atoms with Gasteiger partial charge >= 0.3 is 12.1 Å². The third-order valence-corrected chi connectivity index (χ3v) is 8.01. The second-order valence-corrected chi connectivity index (χ2v) is 12.1. The summed E-state index contributed by atoms with van der Waals surface area (Å²) >= 11 is 0. The number of rotatable bonds is 19. The van der Waals surface area contributed by atoms with Gasteiger partial charge in [-0.25, -0.2) is 9.59 Å². The van der Waals surface area contributed by atoms with E-state index in [9.17, 15) is 19.5 Å². The smallest absolute Gasteiger partial charge is 0.407 e. The summed E-state index contributed by atoms with van der Waals surface area (Å²) < 4.78 is 21.7. The van der Waals surface area contributed by atoms with Crippen molar-refractivity contribution >= 4 is 18.0 Å². The maximum absolute atomic E-state index is 13.4. The second-order valence-electron chi connectivity index (χ2n) is 12.1. The first kappa shape index (κ1) is 36.5. The van der Waals surface area contributed by atoms with Crippen LogP contribution in [-0.4, -0.2) is 87.4 Å². The van der Waals surface area contributed by atoms with Gasteiger partial charge in [0.05, 0.1) is 32.5 Å². The first-order chi connectivity index (χ1) is 23.3. The Labute approximate surface area is 282 Å². The van der Waals surface area contributed by atoms with Crippen LogP contribution >= 0.6 is 0 Å². The molecule has 3 aromatic carbocycles. The fraction of sp³-hybridized carbons (Fsp3) is 0.432. The van der Waals surface area contributed by atoms with Gasteiger partial charge in [0, 0.05) is 12.5 Å². The standard InChI is InChI=1S/C37H47N3O8/c1-25(2)22-33(36(43)47-21-20-46-19-18-45-17-16-38)39-35(42)34(41)32(23-26-10-4-3-5-11-26)40-37(44)48-24-31-29-14-8-6-12-27(29)28-13-7-9-15-30(28)31/h3-15,25,31-34,41H,16-24,38H2,1-2H3,(H,39,42)(H,40,44)/t32-,33+,34+/m1/s1. The molecule has 0 bridgehead atoms. The molecule has 5 N–H and O–H groups in total. The van der Waals surface area contributed by atoms with Gasteiger partial charge in [-0.15, -0.1) is 0 Å². The summed E-state index contributed by atoms with van der Waals surface area (Å²) in [5.74, 6) is -1.57. The summed E-state index contributed by atoms with van der Waals surface area (Å²) in [6.07, 6.45) is -2.03. The maximum Gasteiger partial charge on any atom is 0.407 e. The Morgan fingerprint density at radius 3 is 1.98 bits per heavy atom. The highest BCUT2D eigenvalue weighted by molar-refractivity contribution is 5.88. The SMILES string of the molecule is CC(C)C[C@H](NC(=O)[C@@H](O)[C@@H](Cc1ccccc1)NC(=O)OCC1c2ccccc2-c2ccccc21)C(=O)OCCOCCOCCN. The number of alkyl carbamates (subject to hydrolysis) is 1. The van der Waals surface area contributed by atoms with Gasteiger partial charge in [-0.2, -0.15) is 0 Å². The molecule has 1 aliphatic rings. The number of hydrogen-bond donors (Lipinski definition) is 4. The van der Waals surface area contributed by atoms with Gasteiger partial charge < -0.3 is 40.4 Å². The Balaban J connectivity index is 1.37.